The van der Waals surface area contributed by atoms with Crippen LogP contribution in [0.2, 0.25) is 0 Å². The Labute approximate surface area is 174 Å². The van der Waals surface area contributed by atoms with Crippen LogP contribution >= 0.6 is 0 Å². The predicted octanol–water partition coefficient (Wildman–Crippen LogP) is 8.05. The molecule has 2 nitrogen and oxygen atoms in total. The molecule has 0 spiro atoms. The van der Waals surface area contributed by atoms with Crippen LogP contribution in [0.1, 0.15) is 65.2 Å². The van der Waals surface area contributed by atoms with Crippen LogP contribution in [0.5, 0.6) is 11.5 Å². The smallest absolute Gasteiger partial charge is 0.172 e. The number of fused-ring (bicyclic) bond motifs is 3. The van der Waals surface area contributed by atoms with Crippen molar-refractivity contribution in [2.45, 2.75) is 65.2 Å². The highest BCUT2D eigenvalue weighted by Crippen LogP contribution is 2.33. The van der Waals surface area contributed by atoms with E-state index in [-0.39, 0.29) is 5.82 Å². The zero-order valence-electron chi connectivity index (χ0n) is 17.8. The fourth-order valence-corrected chi connectivity index (χ4v) is 3.70. The second-order valence-corrected chi connectivity index (χ2v) is 7.74. The van der Waals surface area contributed by atoms with Gasteiger partial charge in [0.2, 0.25) is 0 Å². The van der Waals surface area contributed by atoms with E-state index in [1.54, 1.807) is 6.07 Å². The molecule has 0 aliphatic carbocycles. The first-order valence-corrected chi connectivity index (χ1v) is 11.1. The van der Waals surface area contributed by atoms with Crippen molar-refractivity contribution >= 4 is 21.5 Å². The Bertz CT molecular complexity index is 919. The molecule has 0 N–H and O–H groups in total. The summed E-state index contributed by atoms with van der Waals surface area (Å²) >= 11 is 0. The van der Waals surface area contributed by atoms with Gasteiger partial charge >= 0.3 is 0 Å². The van der Waals surface area contributed by atoms with E-state index in [1.807, 2.05) is 36.4 Å². The molecular weight excluding hydrogens is 363 g/mol. The van der Waals surface area contributed by atoms with Crippen LogP contribution in [-0.2, 0) is 0 Å². The zero-order chi connectivity index (χ0) is 20.5. The molecule has 0 atom stereocenters. The standard InChI is InChI=1S/C26H33FO2/c1-3-5-7-8-10-17-28-21-12-14-22-20(19-21)11-13-24-23(22)15-16-25(26(24)27)29-18-9-6-4-2/h11-16,19H,3-10,17-18H2,1-2H3. The summed E-state index contributed by atoms with van der Waals surface area (Å²) in [5, 5.41) is 3.62. The number of rotatable bonds is 12. The fourth-order valence-electron chi connectivity index (χ4n) is 3.70. The van der Waals surface area contributed by atoms with Gasteiger partial charge in [0.05, 0.1) is 13.2 Å². The summed E-state index contributed by atoms with van der Waals surface area (Å²) in [5.74, 6) is 0.952. The molecule has 0 saturated carbocycles. The number of halogens is 1. The van der Waals surface area contributed by atoms with Gasteiger partial charge in [-0.2, -0.15) is 0 Å². The van der Waals surface area contributed by atoms with Gasteiger partial charge in [-0.25, -0.2) is 4.39 Å². The van der Waals surface area contributed by atoms with Gasteiger partial charge in [0.15, 0.2) is 11.6 Å². The van der Waals surface area contributed by atoms with Gasteiger partial charge in [-0.1, -0.05) is 70.6 Å². The van der Waals surface area contributed by atoms with Gasteiger partial charge in [-0.15, -0.1) is 0 Å². The third-order valence-corrected chi connectivity index (χ3v) is 5.41. The largest absolute Gasteiger partial charge is 0.494 e. The second kappa shape index (κ2) is 11.0. The number of ether oxygens (including phenoxy) is 2. The zero-order valence-corrected chi connectivity index (χ0v) is 17.8. The fraction of sp³-hybridized carbons (Fsp3) is 0.462. The van der Waals surface area contributed by atoms with Crippen molar-refractivity contribution in [3.05, 3.63) is 48.3 Å². The molecule has 0 fully saturated rings. The van der Waals surface area contributed by atoms with Crippen LogP contribution in [-0.4, -0.2) is 13.2 Å². The molecule has 3 heteroatoms. The summed E-state index contributed by atoms with van der Waals surface area (Å²) in [6.45, 7) is 5.67. The summed E-state index contributed by atoms with van der Waals surface area (Å²) < 4.78 is 26.5. The first-order chi connectivity index (χ1) is 14.2. The van der Waals surface area contributed by atoms with Crippen LogP contribution in [0.4, 0.5) is 4.39 Å². The predicted molar refractivity (Wildman–Crippen MR) is 121 cm³/mol. The summed E-state index contributed by atoms with van der Waals surface area (Å²) in [7, 11) is 0. The Kier molecular flexibility index (Phi) is 8.15. The van der Waals surface area contributed by atoms with Gasteiger partial charge in [-0.05, 0) is 53.3 Å². The van der Waals surface area contributed by atoms with Crippen molar-refractivity contribution in [3.8, 4) is 11.5 Å². The molecule has 0 amide bonds. The number of hydrogen-bond donors (Lipinski definition) is 0. The van der Waals surface area contributed by atoms with Gasteiger partial charge in [0, 0.05) is 5.39 Å². The van der Waals surface area contributed by atoms with Gasteiger partial charge < -0.3 is 9.47 Å². The van der Waals surface area contributed by atoms with Crippen molar-refractivity contribution in [2.24, 2.45) is 0 Å². The molecule has 156 valence electrons. The summed E-state index contributed by atoms with van der Waals surface area (Å²) in [4.78, 5) is 0. The minimum Gasteiger partial charge on any atom is -0.494 e. The highest BCUT2D eigenvalue weighted by atomic mass is 19.1. The third kappa shape index (κ3) is 5.62. The molecule has 3 aromatic carbocycles. The quantitative estimate of drug-likeness (QED) is 0.228. The molecule has 0 heterocycles. The van der Waals surface area contributed by atoms with Gasteiger partial charge in [0.25, 0.3) is 0 Å². The Balaban J connectivity index is 1.71. The maximum atomic E-state index is 14.9. The summed E-state index contributed by atoms with van der Waals surface area (Å²) in [5.41, 5.74) is 0. The monoisotopic (exact) mass is 396 g/mol. The van der Waals surface area contributed by atoms with E-state index < -0.39 is 0 Å². The molecule has 0 radical (unpaired) electrons. The normalized spacial score (nSPS) is 11.3. The Morgan fingerprint density at radius 1 is 0.655 bits per heavy atom. The van der Waals surface area contributed by atoms with Crippen molar-refractivity contribution in [1.82, 2.24) is 0 Å². The van der Waals surface area contributed by atoms with Crippen LogP contribution in [0.3, 0.4) is 0 Å². The minimum absolute atomic E-state index is 0.270. The second-order valence-electron chi connectivity index (χ2n) is 7.74. The average Bonchev–Trinajstić information content (AvgIpc) is 2.74. The lowest BCUT2D eigenvalue weighted by Crippen LogP contribution is -1.99. The Morgan fingerprint density at radius 2 is 1.31 bits per heavy atom. The molecule has 0 saturated heterocycles. The molecule has 29 heavy (non-hydrogen) atoms. The number of benzene rings is 3. The highest BCUT2D eigenvalue weighted by Gasteiger charge is 2.11. The molecule has 0 aliphatic rings. The lowest BCUT2D eigenvalue weighted by molar-refractivity contribution is 0.293. The Hall–Kier alpha value is -2.29. The van der Waals surface area contributed by atoms with Crippen molar-refractivity contribution in [1.29, 1.82) is 0 Å². The van der Waals surface area contributed by atoms with Crippen LogP contribution in [0.15, 0.2) is 42.5 Å². The van der Waals surface area contributed by atoms with E-state index in [9.17, 15) is 4.39 Å². The molecule has 0 aromatic heterocycles. The third-order valence-electron chi connectivity index (χ3n) is 5.41. The molecular formula is C26H33FO2. The number of unbranched alkanes of at least 4 members (excludes halogenated alkanes) is 6. The van der Waals surface area contributed by atoms with E-state index in [2.05, 4.69) is 13.8 Å². The molecule has 0 aliphatic heterocycles. The van der Waals surface area contributed by atoms with Gasteiger partial charge in [-0.3, -0.25) is 0 Å². The number of hydrogen-bond acceptors (Lipinski definition) is 2. The molecule has 0 unspecified atom stereocenters. The molecule has 3 rings (SSSR count). The first kappa shape index (κ1) is 21.4. The summed E-state index contributed by atoms with van der Waals surface area (Å²) in [6.07, 6.45) is 9.31. The molecule has 0 bridgehead atoms. The van der Waals surface area contributed by atoms with Crippen molar-refractivity contribution < 1.29 is 13.9 Å². The van der Waals surface area contributed by atoms with E-state index >= 15 is 0 Å². The average molecular weight is 397 g/mol. The SMILES string of the molecule is CCCCCCCOc1ccc2c(ccc3c(F)c(OCCCCC)ccc32)c1. The highest BCUT2D eigenvalue weighted by molar-refractivity contribution is 6.08. The minimum atomic E-state index is -0.270. The van der Waals surface area contributed by atoms with E-state index in [0.29, 0.717) is 17.7 Å². The van der Waals surface area contributed by atoms with Crippen LogP contribution in [0.25, 0.3) is 21.5 Å². The van der Waals surface area contributed by atoms with E-state index in [4.69, 9.17) is 9.47 Å². The topological polar surface area (TPSA) is 18.5 Å². The first-order valence-electron chi connectivity index (χ1n) is 11.1. The van der Waals surface area contributed by atoms with Crippen molar-refractivity contribution in [3.63, 3.8) is 0 Å². The lowest BCUT2D eigenvalue weighted by Gasteiger charge is -2.12. The lowest BCUT2D eigenvalue weighted by atomic mass is 10.0. The summed E-state index contributed by atoms with van der Waals surface area (Å²) in [6, 6.07) is 13.6. The van der Waals surface area contributed by atoms with E-state index in [1.165, 1.54) is 25.7 Å². The van der Waals surface area contributed by atoms with Crippen LogP contribution in [0, 0.1) is 5.82 Å². The van der Waals surface area contributed by atoms with Crippen LogP contribution < -0.4 is 9.47 Å². The van der Waals surface area contributed by atoms with Gasteiger partial charge in [0.1, 0.15) is 5.75 Å². The maximum absolute atomic E-state index is 14.9. The van der Waals surface area contributed by atoms with E-state index in [0.717, 1.165) is 54.2 Å². The molecule has 3 aromatic rings. The maximum Gasteiger partial charge on any atom is 0.172 e. The Morgan fingerprint density at radius 3 is 2.14 bits per heavy atom. The van der Waals surface area contributed by atoms with Crippen molar-refractivity contribution in [2.75, 3.05) is 13.2 Å².